The zero-order chi connectivity index (χ0) is 14.1. The van der Waals surface area contributed by atoms with Crippen LogP contribution in [0.3, 0.4) is 0 Å². The molecule has 0 aliphatic heterocycles. The van der Waals surface area contributed by atoms with Gasteiger partial charge in [-0.05, 0) is 0 Å². The minimum absolute atomic E-state index is 0.0681. The Kier molecular flexibility index (Phi) is 3.21. The second kappa shape index (κ2) is 5.03. The molecule has 9 heteroatoms. The maximum Gasteiger partial charge on any atom is 0.260 e. The van der Waals surface area contributed by atoms with E-state index in [1.807, 2.05) is 0 Å². The highest BCUT2D eigenvalue weighted by atomic mass is 35.5. The molecule has 1 N–H and O–H groups in total. The van der Waals surface area contributed by atoms with Crippen molar-refractivity contribution in [3.63, 3.8) is 0 Å². The quantitative estimate of drug-likeness (QED) is 0.733. The summed E-state index contributed by atoms with van der Waals surface area (Å²) in [6.45, 7) is 0. The fraction of sp³-hybridized carbons (Fsp3) is 0. The second-order valence-electron chi connectivity index (χ2n) is 3.75. The third kappa shape index (κ3) is 2.17. The lowest BCUT2D eigenvalue weighted by Gasteiger charge is -2.05. The molecule has 3 rings (SSSR count). The van der Waals surface area contributed by atoms with E-state index in [9.17, 15) is 4.79 Å². The number of nitrogens with zero attached hydrogens (tertiary/aromatic N) is 5. The Labute approximate surface area is 122 Å². The van der Waals surface area contributed by atoms with Crippen LogP contribution in [0.2, 0.25) is 10.2 Å². The maximum atomic E-state index is 12.2. The smallest absolute Gasteiger partial charge is 0.260 e. The van der Waals surface area contributed by atoms with Crippen LogP contribution in [-0.4, -0.2) is 30.5 Å². The molecule has 1 amide bonds. The molecule has 0 aliphatic carbocycles. The van der Waals surface area contributed by atoms with Gasteiger partial charge in [-0.1, -0.05) is 23.2 Å². The standard InChI is InChI=1S/C11H6Cl2N6O/c12-8-9(13)15-5-16-10(8)18-11(20)6-3-17-19-2-1-14-4-7(6)19/h1-5H,(H,15,16,18,20). The van der Waals surface area contributed by atoms with Crippen molar-refractivity contribution >= 4 is 40.4 Å². The van der Waals surface area contributed by atoms with Crippen molar-refractivity contribution in [3.8, 4) is 0 Å². The lowest BCUT2D eigenvalue weighted by Crippen LogP contribution is -2.13. The van der Waals surface area contributed by atoms with Crippen LogP contribution >= 0.6 is 23.2 Å². The summed E-state index contributed by atoms with van der Waals surface area (Å²) in [5, 5.41) is 6.75. The van der Waals surface area contributed by atoms with Crippen LogP contribution in [0.15, 0.2) is 31.1 Å². The van der Waals surface area contributed by atoms with Crippen LogP contribution < -0.4 is 5.32 Å². The van der Waals surface area contributed by atoms with Gasteiger partial charge in [0.1, 0.15) is 11.3 Å². The Hall–Kier alpha value is -2.25. The van der Waals surface area contributed by atoms with Gasteiger partial charge >= 0.3 is 0 Å². The summed E-state index contributed by atoms with van der Waals surface area (Å²) in [7, 11) is 0. The Morgan fingerprint density at radius 2 is 2.10 bits per heavy atom. The van der Waals surface area contributed by atoms with Gasteiger partial charge in [0.05, 0.1) is 23.5 Å². The third-order valence-electron chi connectivity index (χ3n) is 2.55. The molecule has 100 valence electrons. The highest BCUT2D eigenvalue weighted by Gasteiger charge is 2.16. The van der Waals surface area contributed by atoms with Crippen LogP contribution in [0.4, 0.5) is 5.82 Å². The topological polar surface area (TPSA) is 85.1 Å². The van der Waals surface area contributed by atoms with Crippen LogP contribution in [0.5, 0.6) is 0 Å². The van der Waals surface area contributed by atoms with Crippen molar-refractivity contribution < 1.29 is 4.79 Å². The number of halogens is 2. The highest BCUT2D eigenvalue weighted by Crippen LogP contribution is 2.25. The third-order valence-corrected chi connectivity index (χ3v) is 3.29. The summed E-state index contributed by atoms with van der Waals surface area (Å²) in [4.78, 5) is 23.7. The molecule has 0 aliphatic rings. The first-order valence-corrected chi connectivity index (χ1v) is 6.17. The monoisotopic (exact) mass is 308 g/mol. The van der Waals surface area contributed by atoms with Crippen LogP contribution in [0.25, 0.3) is 5.52 Å². The Bertz CT molecular complexity index is 802. The molecule has 0 saturated heterocycles. The highest BCUT2D eigenvalue weighted by molar-refractivity contribution is 6.43. The zero-order valence-corrected chi connectivity index (χ0v) is 11.3. The first kappa shape index (κ1) is 12.8. The summed E-state index contributed by atoms with van der Waals surface area (Å²) < 4.78 is 1.54. The molecule has 0 aromatic carbocycles. The molecule has 7 nitrogen and oxygen atoms in total. The first-order valence-electron chi connectivity index (χ1n) is 5.41. The van der Waals surface area contributed by atoms with Gasteiger partial charge in [-0.25, -0.2) is 14.5 Å². The van der Waals surface area contributed by atoms with E-state index in [0.29, 0.717) is 11.1 Å². The molecule has 0 spiro atoms. The summed E-state index contributed by atoms with van der Waals surface area (Å²) >= 11 is 11.7. The summed E-state index contributed by atoms with van der Waals surface area (Å²) in [6, 6.07) is 0. The van der Waals surface area contributed by atoms with E-state index >= 15 is 0 Å². The van der Waals surface area contributed by atoms with Crippen molar-refractivity contribution in [2.75, 3.05) is 5.32 Å². The van der Waals surface area contributed by atoms with Crippen LogP contribution in [-0.2, 0) is 0 Å². The van der Waals surface area contributed by atoms with E-state index in [1.54, 1.807) is 12.4 Å². The maximum absolute atomic E-state index is 12.2. The SMILES string of the molecule is O=C(Nc1ncnc(Cl)c1Cl)c1cnn2ccncc12. The largest absolute Gasteiger partial charge is 0.305 e. The van der Waals surface area contributed by atoms with Crippen LogP contribution in [0.1, 0.15) is 10.4 Å². The first-order chi connectivity index (χ1) is 9.66. The molecule has 0 radical (unpaired) electrons. The Morgan fingerprint density at radius 1 is 1.25 bits per heavy atom. The number of carbonyl (C=O) groups excluding carboxylic acids is 1. The van der Waals surface area contributed by atoms with Crippen molar-refractivity contribution in [2.45, 2.75) is 0 Å². The van der Waals surface area contributed by atoms with Gasteiger partial charge in [-0.3, -0.25) is 9.78 Å². The number of aromatic nitrogens is 5. The average Bonchev–Trinajstić information content (AvgIpc) is 2.88. The molecule has 0 fully saturated rings. The van der Waals surface area contributed by atoms with Gasteiger partial charge in [0, 0.05) is 12.4 Å². The molecule has 0 saturated carbocycles. The molecule has 3 aromatic heterocycles. The van der Waals surface area contributed by atoms with E-state index < -0.39 is 5.91 Å². The second-order valence-corrected chi connectivity index (χ2v) is 4.48. The summed E-state index contributed by atoms with van der Waals surface area (Å²) in [5.74, 6) is -0.274. The Balaban J connectivity index is 1.95. The summed E-state index contributed by atoms with van der Waals surface area (Å²) in [6.07, 6.45) is 7.39. The molecular formula is C11H6Cl2N6O. The Morgan fingerprint density at radius 3 is 2.95 bits per heavy atom. The number of rotatable bonds is 2. The van der Waals surface area contributed by atoms with Crippen LogP contribution in [0, 0.1) is 0 Å². The number of anilines is 1. The number of nitrogens with one attached hydrogen (secondary N) is 1. The van der Waals surface area contributed by atoms with Gasteiger partial charge in [0.2, 0.25) is 0 Å². The van der Waals surface area contributed by atoms with Gasteiger partial charge in [0.15, 0.2) is 11.0 Å². The fourth-order valence-electron chi connectivity index (χ4n) is 1.62. The van der Waals surface area contributed by atoms with Gasteiger partial charge in [-0.15, -0.1) is 0 Å². The van der Waals surface area contributed by atoms with E-state index in [0.717, 1.165) is 0 Å². The predicted molar refractivity (Wildman–Crippen MR) is 73.0 cm³/mol. The number of carbonyl (C=O) groups is 1. The fourth-order valence-corrected chi connectivity index (χ4v) is 1.90. The molecule has 0 atom stereocenters. The predicted octanol–water partition coefficient (Wildman–Crippen LogP) is 2.08. The van der Waals surface area contributed by atoms with E-state index in [2.05, 4.69) is 25.4 Å². The van der Waals surface area contributed by atoms with Crippen molar-refractivity contribution in [1.29, 1.82) is 0 Å². The number of fused-ring (bicyclic) bond motifs is 1. The van der Waals surface area contributed by atoms with E-state index in [-0.39, 0.29) is 16.0 Å². The van der Waals surface area contributed by atoms with E-state index in [4.69, 9.17) is 23.2 Å². The molecule has 0 unspecified atom stereocenters. The summed E-state index contributed by atoms with van der Waals surface area (Å²) in [5.41, 5.74) is 0.921. The van der Waals surface area contributed by atoms with Gasteiger partial charge < -0.3 is 5.32 Å². The van der Waals surface area contributed by atoms with Gasteiger partial charge in [-0.2, -0.15) is 5.10 Å². The minimum atomic E-state index is -0.412. The number of hydrogen-bond donors (Lipinski definition) is 1. The zero-order valence-electron chi connectivity index (χ0n) is 9.79. The molecular weight excluding hydrogens is 303 g/mol. The van der Waals surface area contributed by atoms with Crippen molar-refractivity contribution in [1.82, 2.24) is 24.6 Å². The lowest BCUT2D eigenvalue weighted by atomic mass is 10.3. The molecule has 20 heavy (non-hydrogen) atoms. The molecule has 3 aromatic rings. The number of amides is 1. The number of hydrogen-bond acceptors (Lipinski definition) is 5. The minimum Gasteiger partial charge on any atom is -0.305 e. The lowest BCUT2D eigenvalue weighted by molar-refractivity contribution is 0.102. The van der Waals surface area contributed by atoms with E-state index in [1.165, 1.54) is 23.2 Å². The van der Waals surface area contributed by atoms with Crippen molar-refractivity contribution in [2.24, 2.45) is 0 Å². The normalized spacial score (nSPS) is 10.7. The van der Waals surface area contributed by atoms with Crippen molar-refractivity contribution in [3.05, 3.63) is 46.9 Å². The average molecular weight is 309 g/mol. The van der Waals surface area contributed by atoms with Gasteiger partial charge in [0.25, 0.3) is 5.91 Å². The molecule has 3 heterocycles. The molecule has 0 bridgehead atoms.